The van der Waals surface area contributed by atoms with Crippen LogP contribution in [0.4, 0.5) is 0 Å². The van der Waals surface area contributed by atoms with Crippen LogP contribution in [0.3, 0.4) is 0 Å². The lowest BCUT2D eigenvalue weighted by Crippen LogP contribution is -2.58. The maximum Gasteiger partial charge on any atom is 0.0577 e. The molecule has 0 aromatic heterocycles. The Kier molecular flexibility index (Phi) is 6.44. The van der Waals surface area contributed by atoms with E-state index in [9.17, 15) is 10.2 Å². The summed E-state index contributed by atoms with van der Waals surface area (Å²) in [6, 6.07) is 0. The molecular formula is C28H50O2. The third-order valence-corrected chi connectivity index (χ3v) is 11.6. The summed E-state index contributed by atoms with van der Waals surface area (Å²) in [5.74, 6) is 5.95. The molecule has 0 heterocycles. The highest BCUT2D eigenvalue weighted by atomic mass is 16.3. The zero-order chi connectivity index (χ0) is 21.8. The van der Waals surface area contributed by atoms with Crippen molar-refractivity contribution in [2.45, 2.75) is 118 Å². The van der Waals surface area contributed by atoms with Crippen LogP contribution in [-0.4, -0.2) is 22.4 Å². The van der Waals surface area contributed by atoms with Gasteiger partial charge in [0.15, 0.2) is 0 Å². The van der Waals surface area contributed by atoms with Crippen LogP contribution in [0.5, 0.6) is 0 Å². The van der Waals surface area contributed by atoms with Crippen LogP contribution in [0, 0.1) is 58.2 Å². The molecule has 2 nitrogen and oxygen atoms in total. The van der Waals surface area contributed by atoms with Gasteiger partial charge < -0.3 is 10.2 Å². The highest BCUT2D eigenvalue weighted by Crippen LogP contribution is 2.68. The Morgan fingerprint density at radius 1 is 0.767 bits per heavy atom. The molecule has 2 N–H and O–H groups in total. The molecule has 0 saturated heterocycles. The van der Waals surface area contributed by atoms with E-state index >= 15 is 0 Å². The number of rotatable bonds is 5. The summed E-state index contributed by atoms with van der Waals surface area (Å²) in [6.45, 7) is 14.8. The number of hydrogen-bond donors (Lipinski definition) is 2. The predicted molar refractivity (Wildman–Crippen MR) is 125 cm³/mol. The van der Waals surface area contributed by atoms with Crippen LogP contribution in [0.2, 0.25) is 0 Å². The van der Waals surface area contributed by atoms with E-state index < -0.39 is 0 Å². The molecule has 174 valence electrons. The molecule has 4 aliphatic carbocycles. The molecule has 0 bridgehead atoms. The molecule has 0 amide bonds. The summed E-state index contributed by atoms with van der Waals surface area (Å²) >= 11 is 0. The lowest BCUT2D eigenvalue weighted by atomic mass is 9.43. The third-order valence-electron chi connectivity index (χ3n) is 11.6. The Hall–Kier alpha value is -0.0800. The average molecular weight is 419 g/mol. The molecule has 2 heteroatoms. The van der Waals surface area contributed by atoms with Crippen LogP contribution >= 0.6 is 0 Å². The minimum absolute atomic E-state index is 0.187. The first kappa shape index (κ1) is 23.1. The molecule has 4 aliphatic rings. The smallest absolute Gasteiger partial charge is 0.0577 e. The summed E-state index contributed by atoms with van der Waals surface area (Å²) in [5.41, 5.74) is 0.734. The van der Waals surface area contributed by atoms with Crippen molar-refractivity contribution in [1.29, 1.82) is 0 Å². The van der Waals surface area contributed by atoms with Gasteiger partial charge in [0.05, 0.1) is 12.2 Å². The van der Waals surface area contributed by atoms with E-state index in [-0.39, 0.29) is 17.6 Å². The van der Waals surface area contributed by atoms with E-state index in [1.54, 1.807) is 0 Å². The molecule has 0 aliphatic heterocycles. The van der Waals surface area contributed by atoms with Crippen LogP contribution in [0.15, 0.2) is 0 Å². The van der Waals surface area contributed by atoms with Crippen LogP contribution in [-0.2, 0) is 0 Å². The van der Waals surface area contributed by atoms with Crippen LogP contribution < -0.4 is 0 Å². The molecule has 0 spiro atoms. The fraction of sp³-hybridized carbons (Fsp3) is 1.00. The number of hydrogen-bond acceptors (Lipinski definition) is 2. The van der Waals surface area contributed by atoms with Crippen molar-refractivity contribution >= 4 is 0 Å². The highest BCUT2D eigenvalue weighted by Gasteiger charge is 2.62. The van der Waals surface area contributed by atoms with E-state index in [0.29, 0.717) is 17.3 Å². The van der Waals surface area contributed by atoms with Gasteiger partial charge in [0.25, 0.3) is 0 Å². The molecule has 0 aromatic carbocycles. The average Bonchev–Trinajstić information content (AvgIpc) is 3.04. The van der Waals surface area contributed by atoms with Crippen molar-refractivity contribution < 1.29 is 10.2 Å². The molecule has 4 fully saturated rings. The second-order valence-electron chi connectivity index (χ2n) is 13.2. The van der Waals surface area contributed by atoms with Gasteiger partial charge in [-0.05, 0) is 110 Å². The van der Waals surface area contributed by atoms with Crippen molar-refractivity contribution in [1.82, 2.24) is 0 Å². The van der Waals surface area contributed by atoms with Crippen molar-refractivity contribution in [2.75, 3.05) is 0 Å². The zero-order valence-corrected chi connectivity index (χ0v) is 20.7. The first-order valence-corrected chi connectivity index (χ1v) is 13.4. The maximum atomic E-state index is 11.2. The summed E-state index contributed by atoms with van der Waals surface area (Å²) in [6.07, 6.45) is 11.8. The van der Waals surface area contributed by atoms with Crippen LogP contribution in [0.25, 0.3) is 0 Å². The van der Waals surface area contributed by atoms with Gasteiger partial charge in [-0.1, -0.05) is 54.4 Å². The van der Waals surface area contributed by atoms with E-state index in [4.69, 9.17) is 0 Å². The Morgan fingerprint density at radius 2 is 1.43 bits per heavy atom. The molecule has 11 atom stereocenters. The standard InChI is InChI=1S/C28H50O2/c1-17(2)18(3)7-8-19(4)22-9-10-23-21-16-26(30)25-15-20(29)11-13-28(25,6)24(21)12-14-27(22,23)5/h17-26,29-30H,7-16H2,1-6H3/t18-,19-,20+,21+,22-,23+,24+,25-,26+,27-,28-/m1/s1. The van der Waals surface area contributed by atoms with Gasteiger partial charge in [0, 0.05) is 0 Å². The van der Waals surface area contributed by atoms with E-state index in [0.717, 1.165) is 61.2 Å². The second-order valence-corrected chi connectivity index (χ2v) is 13.2. The van der Waals surface area contributed by atoms with Crippen molar-refractivity contribution in [3.05, 3.63) is 0 Å². The Bertz CT molecular complexity index is 601. The van der Waals surface area contributed by atoms with E-state index in [1.165, 1.54) is 38.5 Å². The minimum atomic E-state index is -0.197. The van der Waals surface area contributed by atoms with Crippen molar-refractivity contribution in [3.8, 4) is 0 Å². The van der Waals surface area contributed by atoms with Crippen molar-refractivity contribution in [2.24, 2.45) is 58.2 Å². The second kappa shape index (κ2) is 8.36. The van der Waals surface area contributed by atoms with Gasteiger partial charge in [-0.2, -0.15) is 0 Å². The summed E-state index contributed by atoms with van der Waals surface area (Å²) < 4.78 is 0. The minimum Gasteiger partial charge on any atom is -0.393 e. The summed E-state index contributed by atoms with van der Waals surface area (Å²) in [5, 5.41) is 21.5. The lowest BCUT2D eigenvalue weighted by molar-refractivity contribution is -0.172. The molecule has 30 heavy (non-hydrogen) atoms. The predicted octanol–water partition coefficient (Wildman–Crippen LogP) is 6.69. The van der Waals surface area contributed by atoms with Crippen molar-refractivity contribution in [3.63, 3.8) is 0 Å². The number of aliphatic hydroxyl groups excluding tert-OH is 2. The fourth-order valence-corrected chi connectivity index (χ4v) is 9.31. The highest BCUT2D eigenvalue weighted by molar-refractivity contribution is 5.11. The van der Waals surface area contributed by atoms with Gasteiger partial charge in [-0.3, -0.25) is 0 Å². The normalized spacial score (nSPS) is 50.5. The zero-order valence-electron chi connectivity index (χ0n) is 20.7. The summed E-state index contributed by atoms with van der Waals surface area (Å²) in [4.78, 5) is 0. The monoisotopic (exact) mass is 418 g/mol. The lowest BCUT2D eigenvalue weighted by Gasteiger charge is -2.62. The Balaban J connectivity index is 1.49. The maximum absolute atomic E-state index is 11.2. The molecule has 4 saturated carbocycles. The van der Waals surface area contributed by atoms with E-state index in [2.05, 4.69) is 41.5 Å². The molecule has 0 unspecified atom stereocenters. The molecular weight excluding hydrogens is 368 g/mol. The van der Waals surface area contributed by atoms with Gasteiger partial charge >= 0.3 is 0 Å². The molecule has 4 rings (SSSR count). The van der Waals surface area contributed by atoms with Crippen LogP contribution in [0.1, 0.15) is 106 Å². The van der Waals surface area contributed by atoms with E-state index in [1.807, 2.05) is 0 Å². The number of fused-ring (bicyclic) bond motifs is 5. The topological polar surface area (TPSA) is 40.5 Å². The fourth-order valence-electron chi connectivity index (χ4n) is 9.31. The first-order valence-electron chi connectivity index (χ1n) is 13.4. The van der Waals surface area contributed by atoms with Gasteiger partial charge in [-0.15, -0.1) is 0 Å². The SMILES string of the molecule is CC(C)[C@H](C)CC[C@@H](C)[C@H]1CC[C@H]2[C@@H]3C[C@H](O)[C@H]4C[C@@H](O)CC[C@]4(C)[C@H]3CC[C@]12C. The largest absolute Gasteiger partial charge is 0.393 e. The van der Waals surface area contributed by atoms with Gasteiger partial charge in [0.1, 0.15) is 0 Å². The third kappa shape index (κ3) is 3.70. The summed E-state index contributed by atoms with van der Waals surface area (Å²) in [7, 11) is 0. The van der Waals surface area contributed by atoms with Gasteiger partial charge in [0.2, 0.25) is 0 Å². The Morgan fingerprint density at radius 3 is 2.13 bits per heavy atom. The van der Waals surface area contributed by atoms with Gasteiger partial charge in [-0.25, -0.2) is 0 Å². The molecule has 0 aromatic rings. The number of aliphatic hydroxyl groups is 2. The molecule has 0 radical (unpaired) electrons. The first-order chi connectivity index (χ1) is 14.1. The quantitative estimate of drug-likeness (QED) is 0.522. The Labute approximate surface area is 186 Å².